The standard InChI is InChI=1S/C25H21N3S/c1-16-4-8-21(9-5-16)29-22-10-6-19(7-11-22)14-20(15-26)25-27-23-12-17(2)18(3)13-24(23)28-25/h4-14H,1-3H3,(H,27,28). The molecule has 0 aliphatic rings. The van der Waals surface area contributed by atoms with Crippen molar-refractivity contribution in [3.63, 3.8) is 0 Å². The fourth-order valence-electron chi connectivity index (χ4n) is 3.09. The van der Waals surface area contributed by atoms with Crippen LogP contribution in [-0.2, 0) is 0 Å². The van der Waals surface area contributed by atoms with Gasteiger partial charge in [-0.05, 0) is 79.9 Å². The fraction of sp³-hybridized carbons (Fsp3) is 0.120. The quantitative estimate of drug-likeness (QED) is 0.391. The van der Waals surface area contributed by atoms with Crippen LogP contribution >= 0.6 is 11.8 Å². The molecule has 0 amide bonds. The summed E-state index contributed by atoms with van der Waals surface area (Å²) in [6.07, 6.45) is 1.87. The molecule has 142 valence electrons. The smallest absolute Gasteiger partial charge is 0.149 e. The van der Waals surface area contributed by atoms with Crippen molar-refractivity contribution < 1.29 is 0 Å². The minimum atomic E-state index is 0.524. The fourth-order valence-corrected chi connectivity index (χ4v) is 3.91. The molecule has 3 nitrogen and oxygen atoms in total. The summed E-state index contributed by atoms with van der Waals surface area (Å²) in [4.78, 5) is 10.3. The van der Waals surface area contributed by atoms with Gasteiger partial charge in [-0.1, -0.05) is 41.6 Å². The zero-order valence-corrected chi connectivity index (χ0v) is 17.5. The maximum absolute atomic E-state index is 9.66. The van der Waals surface area contributed by atoms with E-state index in [-0.39, 0.29) is 0 Å². The lowest BCUT2D eigenvalue weighted by atomic mass is 10.1. The summed E-state index contributed by atoms with van der Waals surface area (Å²) in [6, 6.07) is 23.1. The average molecular weight is 396 g/mol. The van der Waals surface area contributed by atoms with E-state index in [9.17, 15) is 5.26 Å². The average Bonchev–Trinajstić information content (AvgIpc) is 3.12. The molecule has 0 unspecified atom stereocenters. The third kappa shape index (κ3) is 4.26. The molecule has 0 aliphatic heterocycles. The molecule has 3 aromatic carbocycles. The third-order valence-electron chi connectivity index (χ3n) is 4.92. The number of imidazole rings is 1. The Morgan fingerprint density at radius 3 is 2.21 bits per heavy atom. The molecule has 0 fully saturated rings. The Kier molecular flexibility index (Phi) is 5.24. The molecule has 0 saturated heterocycles. The van der Waals surface area contributed by atoms with E-state index < -0.39 is 0 Å². The van der Waals surface area contributed by atoms with Gasteiger partial charge in [-0.15, -0.1) is 0 Å². The van der Waals surface area contributed by atoms with E-state index in [2.05, 4.69) is 85.3 Å². The summed E-state index contributed by atoms with van der Waals surface area (Å²) in [5.74, 6) is 0.602. The molecule has 1 aromatic heterocycles. The number of nitrogens with zero attached hydrogens (tertiary/aromatic N) is 2. The Morgan fingerprint density at radius 2 is 1.55 bits per heavy atom. The van der Waals surface area contributed by atoms with E-state index in [4.69, 9.17) is 0 Å². The van der Waals surface area contributed by atoms with Crippen molar-refractivity contribution in [2.24, 2.45) is 0 Å². The number of hydrogen-bond donors (Lipinski definition) is 1. The van der Waals surface area contributed by atoms with Crippen LogP contribution in [0.2, 0.25) is 0 Å². The zero-order valence-electron chi connectivity index (χ0n) is 16.7. The van der Waals surface area contributed by atoms with E-state index >= 15 is 0 Å². The molecule has 29 heavy (non-hydrogen) atoms. The number of hydrogen-bond acceptors (Lipinski definition) is 3. The lowest BCUT2D eigenvalue weighted by Crippen LogP contribution is -1.85. The Bertz CT molecular complexity index is 1200. The van der Waals surface area contributed by atoms with Crippen molar-refractivity contribution in [2.45, 2.75) is 30.6 Å². The second kappa shape index (κ2) is 7.98. The number of aryl methyl sites for hydroxylation is 3. The Morgan fingerprint density at radius 1 is 0.931 bits per heavy atom. The van der Waals surface area contributed by atoms with Gasteiger partial charge in [-0.3, -0.25) is 0 Å². The van der Waals surface area contributed by atoms with Gasteiger partial charge in [0.15, 0.2) is 0 Å². The summed E-state index contributed by atoms with van der Waals surface area (Å²) in [5, 5.41) is 9.66. The van der Waals surface area contributed by atoms with Crippen molar-refractivity contribution in [3.05, 3.63) is 88.7 Å². The highest BCUT2D eigenvalue weighted by atomic mass is 32.2. The normalized spacial score (nSPS) is 11.6. The van der Waals surface area contributed by atoms with Gasteiger partial charge >= 0.3 is 0 Å². The Hall–Kier alpha value is -3.29. The van der Waals surface area contributed by atoms with Gasteiger partial charge in [0, 0.05) is 9.79 Å². The predicted octanol–water partition coefficient (Wildman–Crippen LogP) is 6.70. The summed E-state index contributed by atoms with van der Waals surface area (Å²) >= 11 is 1.73. The lowest BCUT2D eigenvalue weighted by molar-refractivity contribution is 1.27. The number of aromatic amines is 1. The summed E-state index contributed by atoms with van der Waals surface area (Å²) in [5.41, 5.74) is 6.99. The first-order valence-corrected chi connectivity index (χ1v) is 10.3. The van der Waals surface area contributed by atoms with Crippen LogP contribution in [0.4, 0.5) is 0 Å². The van der Waals surface area contributed by atoms with Crippen LogP contribution in [0.3, 0.4) is 0 Å². The van der Waals surface area contributed by atoms with Gasteiger partial charge < -0.3 is 4.98 Å². The van der Waals surface area contributed by atoms with Gasteiger partial charge in [0.1, 0.15) is 11.9 Å². The molecule has 4 heteroatoms. The molecular weight excluding hydrogens is 374 g/mol. The summed E-state index contributed by atoms with van der Waals surface area (Å²) < 4.78 is 0. The van der Waals surface area contributed by atoms with Gasteiger partial charge in [0.25, 0.3) is 0 Å². The number of benzene rings is 3. The molecule has 0 spiro atoms. The Balaban J connectivity index is 1.58. The highest BCUT2D eigenvalue weighted by Crippen LogP contribution is 2.29. The summed E-state index contributed by atoms with van der Waals surface area (Å²) in [7, 11) is 0. The molecule has 4 aromatic rings. The number of nitriles is 1. The number of fused-ring (bicyclic) bond motifs is 1. The number of allylic oxidation sites excluding steroid dienone is 1. The topological polar surface area (TPSA) is 52.5 Å². The van der Waals surface area contributed by atoms with Crippen molar-refractivity contribution in [2.75, 3.05) is 0 Å². The molecule has 4 rings (SSSR count). The molecule has 0 bridgehead atoms. The van der Waals surface area contributed by atoms with E-state index in [1.807, 2.05) is 18.2 Å². The number of nitrogens with one attached hydrogen (secondary N) is 1. The van der Waals surface area contributed by atoms with Gasteiger partial charge in [0.05, 0.1) is 16.6 Å². The van der Waals surface area contributed by atoms with E-state index in [0.29, 0.717) is 11.4 Å². The largest absolute Gasteiger partial charge is 0.337 e. The molecular formula is C25H21N3S. The van der Waals surface area contributed by atoms with Crippen LogP contribution in [0.15, 0.2) is 70.5 Å². The zero-order chi connectivity index (χ0) is 20.4. The van der Waals surface area contributed by atoms with Crippen LogP contribution in [0.25, 0.3) is 22.7 Å². The molecule has 0 saturated carbocycles. The predicted molar refractivity (Wildman–Crippen MR) is 121 cm³/mol. The molecule has 0 atom stereocenters. The molecule has 0 aliphatic carbocycles. The van der Waals surface area contributed by atoms with E-state index in [1.54, 1.807) is 11.8 Å². The number of rotatable bonds is 4. The van der Waals surface area contributed by atoms with Gasteiger partial charge in [-0.25, -0.2) is 4.98 Å². The van der Waals surface area contributed by atoms with Crippen molar-refractivity contribution in [1.29, 1.82) is 5.26 Å². The first kappa shape index (κ1) is 19.0. The Labute approximate surface area is 175 Å². The monoisotopic (exact) mass is 395 g/mol. The first-order chi connectivity index (χ1) is 14.0. The molecule has 0 radical (unpaired) electrons. The first-order valence-electron chi connectivity index (χ1n) is 9.45. The molecule has 1 heterocycles. The van der Waals surface area contributed by atoms with Crippen molar-refractivity contribution in [1.82, 2.24) is 9.97 Å². The summed E-state index contributed by atoms with van der Waals surface area (Å²) in [6.45, 7) is 6.24. The minimum Gasteiger partial charge on any atom is -0.337 e. The number of aromatic nitrogens is 2. The minimum absolute atomic E-state index is 0.524. The highest BCUT2D eigenvalue weighted by Gasteiger charge is 2.09. The third-order valence-corrected chi connectivity index (χ3v) is 5.94. The second-order valence-corrected chi connectivity index (χ2v) is 8.34. The van der Waals surface area contributed by atoms with Crippen LogP contribution in [-0.4, -0.2) is 9.97 Å². The van der Waals surface area contributed by atoms with Gasteiger partial charge in [0.2, 0.25) is 0 Å². The van der Waals surface area contributed by atoms with Crippen molar-refractivity contribution >= 4 is 34.4 Å². The SMILES string of the molecule is Cc1ccc(Sc2ccc(C=C(C#N)c3nc4cc(C)c(C)cc4[nH]3)cc2)cc1. The van der Waals surface area contributed by atoms with Gasteiger partial charge in [-0.2, -0.15) is 5.26 Å². The highest BCUT2D eigenvalue weighted by molar-refractivity contribution is 7.99. The molecule has 1 N–H and O–H groups in total. The van der Waals surface area contributed by atoms with Crippen LogP contribution < -0.4 is 0 Å². The maximum atomic E-state index is 9.66. The van der Waals surface area contributed by atoms with E-state index in [0.717, 1.165) is 16.6 Å². The van der Waals surface area contributed by atoms with Crippen LogP contribution in [0.1, 0.15) is 28.1 Å². The maximum Gasteiger partial charge on any atom is 0.149 e. The second-order valence-electron chi connectivity index (χ2n) is 7.19. The number of H-pyrrole nitrogens is 1. The van der Waals surface area contributed by atoms with Crippen LogP contribution in [0, 0.1) is 32.1 Å². The van der Waals surface area contributed by atoms with Crippen molar-refractivity contribution in [3.8, 4) is 6.07 Å². The van der Waals surface area contributed by atoms with E-state index in [1.165, 1.54) is 26.5 Å². The van der Waals surface area contributed by atoms with Crippen LogP contribution in [0.5, 0.6) is 0 Å². The lowest BCUT2D eigenvalue weighted by Gasteiger charge is -2.03.